The van der Waals surface area contributed by atoms with Crippen LogP contribution in [0.5, 0.6) is 5.75 Å². The van der Waals surface area contributed by atoms with Crippen molar-refractivity contribution in [2.45, 2.75) is 6.92 Å². The summed E-state index contributed by atoms with van der Waals surface area (Å²) in [6, 6.07) is 2.02. The average molecular weight is 241 g/mol. The van der Waals surface area contributed by atoms with Crippen LogP contribution >= 0.6 is 0 Å². The second-order valence-corrected chi connectivity index (χ2v) is 3.35. The van der Waals surface area contributed by atoms with E-state index in [1.807, 2.05) is 0 Å². The van der Waals surface area contributed by atoms with Gasteiger partial charge in [-0.3, -0.25) is 4.79 Å². The monoisotopic (exact) mass is 241 g/mol. The lowest BCUT2D eigenvalue weighted by atomic mass is 10.1. The van der Waals surface area contributed by atoms with E-state index >= 15 is 0 Å². The maximum Gasteiger partial charge on any atom is 0.217 e. The molecule has 17 heavy (non-hydrogen) atoms. The molecule has 0 aromatic heterocycles. The zero-order valence-corrected chi connectivity index (χ0v) is 9.59. The van der Waals surface area contributed by atoms with Crippen LogP contribution in [0.2, 0.25) is 0 Å². The van der Waals surface area contributed by atoms with E-state index in [1.165, 1.54) is 14.0 Å². The number of ether oxygens (including phenoxy) is 1. The first-order valence-electron chi connectivity index (χ1n) is 4.98. The second-order valence-electron chi connectivity index (χ2n) is 3.35. The Morgan fingerprint density at radius 3 is 2.65 bits per heavy atom. The Hall–Kier alpha value is -1.91. The van der Waals surface area contributed by atoms with Crippen LogP contribution < -0.4 is 10.1 Å². The lowest BCUT2D eigenvalue weighted by Crippen LogP contribution is -2.19. The normalized spacial score (nSPS) is 10.6. The molecule has 1 aromatic rings. The maximum atomic E-state index is 13.0. The van der Waals surface area contributed by atoms with Crippen molar-refractivity contribution in [3.8, 4) is 5.75 Å². The van der Waals surface area contributed by atoms with Crippen LogP contribution in [0.4, 0.5) is 8.78 Å². The molecule has 0 aliphatic rings. The van der Waals surface area contributed by atoms with Gasteiger partial charge in [0.15, 0.2) is 11.6 Å². The van der Waals surface area contributed by atoms with Crippen LogP contribution in [0, 0.1) is 11.6 Å². The standard InChI is InChI=1S/C12H13F2NO2/c1-8(16)15-5-3-4-9-6-10(13)11(14)7-12(9)17-2/h3-4,6-7H,5H2,1-2H3,(H,15,16). The molecular formula is C12H13F2NO2. The van der Waals surface area contributed by atoms with Crippen molar-refractivity contribution in [3.63, 3.8) is 0 Å². The van der Waals surface area contributed by atoms with E-state index in [4.69, 9.17) is 4.74 Å². The summed E-state index contributed by atoms with van der Waals surface area (Å²) < 4.78 is 30.8. The molecule has 0 atom stereocenters. The van der Waals surface area contributed by atoms with Crippen molar-refractivity contribution in [2.75, 3.05) is 13.7 Å². The molecule has 92 valence electrons. The van der Waals surface area contributed by atoms with Crippen LogP contribution in [0.1, 0.15) is 12.5 Å². The molecule has 0 saturated carbocycles. The summed E-state index contributed by atoms with van der Waals surface area (Å²) in [6.45, 7) is 1.71. The van der Waals surface area contributed by atoms with Crippen LogP contribution in [-0.2, 0) is 4.79 Å². The van der Waals surface area contributed by atoms with Crippen molar-refractivity contribution in [2.24, 2.45) is 0 Å². The Balaban J connectivity index is 2.82. The number of amides is 1. The van der Waals surface area contributed by atoms with Gasteiger partial charge in [-0.2, -0.15) is 0 Å². The third-order valence-corrected chi connectivity index (χ3v) is 2.04. The van der Waals surface area contributed by atoms with Crippen molar-refractivity contribution < 1.29 is 18.3 Å². The van der Waals surface area contributed by atoms with Gasteiger partial charge in [-0.05, 0) is 6.07 Å². The minimum absolute atomic E-state index is 0.160. The highest BCUT2D eigenvalue weighted by molar-refractivity contribution is 5.73. The van der Waals surface area contributed by atoms with Crippen molar-refractivity contribution in [3.05, 3.63) is 35.4 Å². The Morgan fingerprint density at radius 1 is 1.41 bits per heavy atom. The minimum atomic E-state index is -0.958. The van der Waals surface area contributed by atoms with Gasteiger partial charge in [0.1, 0.15) is 5.75 Å². The Morgan fingerprint density at radius 2 is 2.06 bits per heavy atom. The van der Waals surface area contributed by atoms with Gasteiger partial charge >= 0.3 is 0 Å². The molecule has 1 N–H and O–H groups in total. The first-order valence-corrected chi connectivity index (χ1v) is 4.98. The first-order chi connectivity index (χ1) is 8.04. The van der Waals surface area contributed by atoms with Gasteiger partial charge in [0.05, 0.1) is 7.11 Å². The van der Waals surface area contributed by atoms with E-state index in [-0.39, 0.29) is 11.7 Å². The molecule has 0 spiro atoms. The highest BCUT2D eigenvalue weighted by Gasteiger charge is 2.07. The highest BCUT2D eigenvalue weighted by Crippen LogP contribution is 2.23. The zero-order chi connectivity index (χ0) is 12.8. The van der Waals surface area contributed by atoms with E-state index in [0.717, 1.165) is 12.1 Å². The first kappa shape index (κ1) is 13.2. The molecule has 0 fully saturated rings. The quantitative estimate of drug-likeness (QED) is 0.876. The van der Waals surface area contributed by atoms with E-state index in [0.29, 0.717) is 12.1 Å². The van der Waals surface area contributed by atoms with Crippen molar-refractivity contribution >= 4 is 12.0 Å². The third kappa shape index (κ3) is 3.86. The fourth-order valence-electron chi connectivity index (χ4n) is 1.24. The number of carbonyl (C=O) groups excluding carboxylic acids is 1. The van der Waals surface area contributed by atoms with E-state index in [2.05, 4.69) is 5.32 Å². The molecule has 0 saturated heterocycles. The van der Waals surface area contributed by atoms with Crippen molar-refractivity contribution in [1.82, 2.24) is 5.32 Å². The number of nitrogens with one attached hydrogen (secondary N) is 1. The number of methoxy groups -OCH3 is 1. The Bertz CT molecular complexity index is 444. The SMILES string of the molecule is COc1cc(F)c(F)cc1C=CCNC(C)=O. The molecule has 5 heteroatoms. The van der Waals surface area contributed by atoms with Gasteiger partial charge in [0, 0.05) is 25.1 Å². The summed E-state index contributed by atoms with van der Waals surface area (Å²) in [5.74, 6) is -1.82. The van der Waals surface area contributed by atoms with E-state index in [1.54, 1.807) is 12.2 Å². The molecule has 1 aromatic carbocycles. The zero-order valence-electron chi connectivity index (χ0n) is 9.59. The fraction of sp³-hybridized carbons (Fsp3) is 0.250. The molecule has 0 heterocycles. The molecule has 0 bridgehead atoms. The topological polar surface area (TPSA) is 38.3 Å². The predicted molar refractivity (Wildman–Crippen MR) is 60.6 cm³/mol. The number of halogens is 2. The molecule has 0 radical (unpaired) electrons. The summed E-state index contributed by atoms with van der Waals surface area (Å²) in [6.07, 6.45) is 3.17. The van der Waals surface area contributed by atoms with Gasteiger partial charge in [-0.15, -0.1) is 0 Å². The van der Waals surface area contributed by atoms with Gasteiger partial charge in [0.25, 0.3) is 0 Å². The maximum absolute atomic E-state index is 13.0. The summed E-state index contributed by atoms with van der Waals surface area (Å²) in [5, 5.41) is 2.54. The third-order valence-electron chi connectivity index (χ3n) is 2.04. The molecule has 1 rings (SSSR count). The smallest absolute Gasteiger partial charge is 0.217 e. The Kier molecular flexibility index (Phi) is 4.63. The van der Waals surface area contributed by atoms with E-state index < -0.39 is 11.6 Å². The predicted octanol–water partition coefficient (Wildman–Crippen LogP) is 2.12. The van der Waals surface area contributed by atoms with Crippen LogP contribution in [0.25, 0.3) is 6.08 Å². The number of hydrogen-bond acceptors (Lipinski definition) is 2. The van der Waals surface area contributed by atoms with Crippen LogP contribution in [0.3, 0.4) is 0 Å². The number of hydrogen-bond donors (Lipinski definition) is 1. The molecule has 0 aliphatic carbocycles. The summed E-state index contributed by atoms with van der Waals surface area (Å²) in [4.78, 5) is 10.6. The number of rotatable bonds is 4. The number of carbonyl (C=O) groups is 1. The molecular weight excluding hydrogens is 228 g/mol. The van der Waals surface area contributed by atoms with Gasteiger partial charge in [0.2, 0.25) is 5.91 Å². The molecule has 0 aliphatic heterocycles. The minimum Gasteiger partial charge on any atom is -0.496 e. The van der Waals surface area contributed by atoms with Crippen LogP contribution in [-0.4, -0.2) is 19.6 Å². The average Bonchev–Trinajstić information content (AvgIpc) is 2.28. The number of benzene rings is 1. The van der Waals surface area contributed by atoms with Gasteiger partial charge in [-0.25, -0.2) is 8.78 Å². The second kappa shape index (κ2) is 5.98. The fourth-order valence-corrected chi connectivity index (χ4v) is 1.24. The van der Waals surface area contributed by atoms with Gasteiger partial charge < -0.3 is 10.1 Å². The molecule has 0 unspecified atom stereocenters. The summed E-state index contributed by atoms with van der Waals surface area (Å²) in [7, 11) is 1.37. The van der Waals surface area contributed by atoms with E-state index in [9.17, 15) is 13.6 Å². The van der Waals surface area contributed by atoms with Gasteiger partial charge in [-0.1, -0.05) is 12.2 Å². The summed E-state index contributed by atoms with van der Waals surface area (Å²) in [5.41, 5.74) is 0.414. The summed E-state index contributed by atoms with van der Waals surface area (Å²) >= 11 is 0. The van der Waals surface area contributed by atoms with Crippen LogP contribution in [0.15, 0.2) is 18.2 Å². The Labute approximate surface area is 98.1 Å². The molecule has 3 nitrogen and oxygen atoms in total. The molecule has 1 amide bonds. The highest BCUT2D eigenvalue weighted by atomic mass is 19.2. The lowest BCUT2D eigenvalue weighted by molar-refractivity contribution is -0.118. The van der Waals surface area contributed by atoms with Crippen molar-refractivity contribution in [1.29, 1.82) is 0 Å². The lowest BCUT2D eigenvalue weighted by Gasteiger charge is -2.05. The largest absolute Gasteiger partial charge is 0.496 e.